The third-order valence-corrected chi connectivity index (χ3v) is 3.99. The molecule has 2 unspecified atom stereocenters. The Kier molecular flexibility index (Phi) is 5.76. The first-order chi connectivity index (χ1) is 9.16. The van der Waals surface area contributed by atoms with Gasteiger partial charge < -0.3 is 14.8 Å². The highest BCUT2D eigenvalue weighted by Crippen LogP contribution is 2.26. The molecule has 19 heavy (non-hydrogen) atoms. The van der Waals surface area contributed by atoms with Crippen LogP contribution in [0.25, 0.3) is 0 Å². The van der Waals surface area contributed by atoms with Crippen LogP contribution in [0.1, 0.15) is 19.8 Å². The molecule has 1 aromatic rings. The van der Waals surface area contributed by atoms with E-state index in [1.807, 2.05) is 6.07 Å². The van der Waals surface area contributed by atoms with E-state index in [1.54, 1.807) is 12.1 Å². The number of ether oxygens (including phenoxy) is 2. The lowest BCUT2D eigenvalue weighted by Gasteiger charge is -2.20. The maximum absolute atomic E-state index is 5.92. The maximum atomic E-state index is 5.92. The van der Waals surface area contributed by atoms with Crippen molar-refractivity contribution < 1.29 is 9.47 Å². The van der Waals surface area contributed by atoms with E-state index in [-0.39, 0.29) is 0 Å². The first-order valence-electron chi connectivity index (χ1n) is 6.59. The number of hydrogen-bond acceptors (Lipinski definition) is 3. The molecule has 0 aliphatic carbocycles. The average Bonchev–Trinajstić information content (AvgIpc) is 2.92. The van der Waals surface area contributed by atoms with Crippen molar-refractivity contribution in [3.8, 4) is 5.75 Å². The van der Waals surface area contributed by atoms with E-state index in [1.165, 1.54) is 0 Å². The van der Waals surface area contributed by atoms with Crippen molar-refractivity contribution in [3.63, 3.8) is 0 Å². The molecule has 2 rings (SSSR count). The van der Waals surface area contributed by atoms with Gasteiger partial charge in [-0.05, 0) is 31.9 Å². The molecule has 1 heterocycles. The summed E-state index contributed by atoms with van der Waals surface area (Å²) in [6, 6.07) is 5.65. The van der Waals surface area contributed by atoms with Crippen LogP contribution >= 0.6 is 23.2 Å². The van der Waals surface area contributed by atoms with Gasteiger partial charge in [0.05, 0.1) is 16.1 Å². The third kappa shape index (κ3) is 4.53. The highest BCUT2D eigenvalue weighted by atomic mass is 35.5. The molecule has 1 aromatic carbocycles. The van der Waals surface area contributed by atoms with Gasteiger partial charge in [0.2, 0.25) is 0 Å². The quantitative estimate of drug-likeness (QED) is 0.816. The van der Waals surface area contributed by atoms with Gasteiger partial charge in [0.15, 0.2) is 0 Å². The van der Waals surface area contributed by atoms with Gasteiger partial charge in [-0.25, -0.2) is 0 Å². The average molecular weight is 304 g/mol. The second kappa shape index (κ2) is 7.34. The molecule has 106 valence electrons. The summed E-state index contributed by atoms with van der Waals surface area (Å²) in [5, 5.41) is 4.47. The smallest absolute Gasteiger partial charge is 0.120 e. The van der Waals surface area contributed by atoms with Crippen LogP contribution in [0, 0.1) is 0 Å². The van der Waals surface area contributed by atoms with Crippen molar-refractivity contribution in [1.82, 2.24) is 5.32 Å². The minimum absolute atomic E-state index is 0.338. The first-order valence-corrected chi connectivity index (χ1v) is 7.35. The number of hydrogen-bond donors (Lipinski definition) is 1. The van der Waals surface area contributed by atoms with E-state index < -0.39 is 0 Å². The zero-order valence-corrected chi connectivity index (χ0v) is 12.5. The molecule has 3 nitrogen and oxygen atoms in total. The third-order valence-electron chi connectivity index (χ3n) is 3.25. The predicted molar refractivity (Wildman–Crippen MR) is 78.4 cm³/mol. The van der Waals surface area contributed by atoms with Crippen LogP contribution in [0.5, 0.6) is 5.75 Å². The van der Waals surface area contributed by atoms with Gasteiger partial charge in [0.25, 0.3) is 0 Å². The molecule has 0 radical (unpaired) electrons. The number of rotatable bonds is 6. The summed E-state index contributed by atoms with van der Waals surface area (Å²) >= 11 is 11.8. The lowest BCUT2D eigenvalue weighted by molar-refractivity contribution is 0.0824. The fraction of sp³-hybridized carbons (Fsp3) is 0.571. The summed E-state index contributed by atoms with van der Waals surface area (Å²) in [6.07, 6.45) is 2.64. The van der Waals surface area contributed by atoms with Gasteiger partial charge in [-0.15, -0.1) is 0 Å². The lowest BCUT2D eigenvalue weighted by Crippen LogP contribution is -2.39. The summed E-state index contributed by atoms with van der Waals surface area (Å²) in [7, 11) is 0. The van der Waals surface area contributed by atoms with E-state index in [2.05, 4.69) is 12.2 Å². The fourth-order valence-corrected chi connectivity index (χ4v) is 2.44. The monoisotopic (exact) mass is 303 g/mol. The Morgan fingerprint density at radius 3 is 2.95 bits per heavy atom. The Morgan fingerprint density at radius 1 is 1.42 bits per heavy atom. The van der Waals surface area contributed by atoms with Crippen LogP contribution in [0.3, 0.4) is 0 Å². The van der Waals surface area contributed by atoms with Crippen LogP contribution in [-0.2, 0) is 4.74 Å². The number of halogens is 2. The van der Waals surface area contributed by atoms with E-state index in [9.17, 15) is 0 Å². The zero-order valence-electron chi connectivity index (χ0n) is 11.0. The Hall–Kier alpha value is -0.480. The van der Waals surface area contributed by atoms with E-state index in [0.717, 1.165) is 31.7 Å². The van der Waals surface area contributed by atoms with Crippen LogP contribution in [0.4, 0.5) is 0 Å². The Morgan fingerprint density at radius 2 is 2.26 bits per heavy atom. The molecule has 2 atom stereocenters. The molecular weight excluding hydrogens is 285 g/mol. The van der Waals surface area contributed by atoms with Gasteiger partial charge in [0, 0.05) is 25.3 Å². The topological polar surface area (TPSA) is 30.5 Å². The minimum atomic E-state index is 0.338. The van der Waals surface area contributed by atoms with Crippen molar-refractivity contribution in [3.05, 3.63) is 28.2 Å². The molecule has 1 aliphatic rings. The van der Waals surface area contributed by atoms with Gasteiger partial charge in [-0.2, -0.15) is 0 Å². The molecule has 1 N–H and O–H groups in total. The molecular formula is C14H19Cl2NO2. The molecule has 1 fully saturated rings. The SMILES string of the molecule is CC(NCCOc1ccc(Cl)c(Cl)c1)C1CCCO1. The highest BCUT2D eigenvalue weighted by Gasteiger charge is 2.21. The van der Waals surface area contributed by atoms with E-state index in [4.69, 9.17) is 32.7 Å². The summed E-state index contributed by atoms with van der Waals surface area (Å²) in [4.78, 5) is 0. The van der Waals surface area contributed by atoms with Crippen molar-refractivity contribution >= 4 is 23.2 Å². The standard InChI is InChI=1S/C14H19Cl2NO2/c1-10(14-3-2-7-19-14)17-6-8-18-11-4-5-12(15)13(16)9-11/h4-5,9-10,14,17H,2-3,6-8H2,1H3. The van der Waals surface area contributed by atoms with Crippen molar-refractivity contribution in [1.29, 1.82) is 0 Å². The molecule has 0 saturated carbocycles. The molecule has 0 amide bonds. The number of nitrogens with one attached hydrogen (secondary N) is 1. The maximum Gasteiger partial charge on any atom is 0.120 e. The van der Waals surface area contributed by atoms with Crippen LogP contribution in [0.15, 0.2) is 18.2 Å². The normalized spacial score (nSPS) is 20.5. The molecule has 0 bridgehead atoms. The Labute approximate surface area is 124 Å². The minimum Gasteiger partial charge on any atom is -0.492 e. The van der Waals surface area contributed by atoms with Crippen LogP contribution in [0.2, 0.25) is 10.0 Å². The van der Waals surface area contributed by atoms with E-state index >= 15 is 0 Å². The zero-order chi connectivity index (χ0) is 13.7. The van der Waals surface area contributed by atoms with E-state index in [0.29, 0.717) is 28.8 Å². The first kappa shape index (κ1) is 14.9. The second-order valence-electron chi connectivity index (χ2n) is 4.72. The molecule has 1 aliphatic heterocycles. The van der Waals surface area contributed by atoms with Crippen molar-refractivity contribution in [2.75, 3.05) is 19.8 Å². The second-order valence-corrected chi connectivity index (χ2v) is 5.53. The summed E-state index contributed by atoms with van der Waals surface area (Å²) in [6.45, 7) is 4.40. The van der Waals surface area contributed by atoms with Crippen LogP contribution < -0.4 is 10.1 Å². The summed E-state index contributed by atoms with van der Waals surface area (Å²) in [5.74, 6) is 0.737. The van der Waals surface area contributed by atoms with Crippen LogP contribution in [-0.4, -0.2) is 31.9 Å². The molecule has 5 heteroatoms. The number of benzene rings is 1. The van der Waals surface area contributed by atoms with Gasteiger partial charge in [-0.1, -0.05) is 23.2 Å². The van der Waals surface area contributed by atoms with Crippen molar-refractivity contribution in [2.45, 2.75) is 31.9 Å². The van der Waals surface area contributed by atoms with Gasteiger partial charge in [0.1, 0.15) is 12.4 Å². The molecule has 0 aromatic heterocycles. The fourth-order valence-electron chi connectivity index (χ4n) is 2.15. The summed E-state index contributed by atoms with van der Waals surface area (Å²) in [5.41, 5.74) is 0. The van der Waals surface area contributed by atoms with Gasteiger partial charge in [-0.3, -0.25) is 0 Å². The lowest BCUT2D eigenvalue weighted by atomic mass is 10.1. The largest absolute Gasteiger partial charge is 0.492 e. The highest BCUT2D eigenvalue weighted by molar-refractivity contribution is 6.42. The molecule has 1 saturated heterocycles. The predicted octanol–water partition coefficient (Wildman–Crippen LogP) is 3.53. The Bertz CT molecular complexity index is 408. The molecule has 0 spiro atoms. The van der Waals surface area contributed by atoms with Crippen molar-refractivity contribution in [2.24, 2.45) is 0 Å². The van der Waals surface area contributed by atoms with Gasteiger partial charge >= 0.3 is 0 Å². The summed E-state index contributed by atoms with van der Waals surface area (Å²) < 4.78 is 11.2. The Balaban J connectivity index is 1.67.